The van der Waals surface area contributed by atoms with E-state index in [4.69, 9.17) is 0 Å². The molecule has 5 rings (SSSR count). The van der Waals surface area contributed by atoms with E-state index in [0.717, 1.165) is 30.7 Å². The minimum atomic E-state index is -0.121. The molecule has 0 radical (unpaired) electrons. The van der Waals surface area contributed by atoms with Crippen molar-refractivity contribution < 1.29 is 4.79 Å². The smallest absolute Gasteiger partial charge is 0.226 e. The molecule has 2 unspecified atom stereocenters. The summed E-state index contributed by atoms with van der Waals surface area (Å²) in [5.41, 5.74) is 1.77. The van der Waals surface area contributed by atoms with Gasteiger partial charge in [-0.2, -0.15) is 0 Å². The van der Waals surface area contributed by atoms with E-state index in [1.54, 1.807) is 12.4 Å². The van der Waals surface area contributed by atoms with Gasteiger partial charge in [0.15, 0.2) is 0 Å². The lowest BCUT2D eigenvalue weighted by molar-refractivity contribution is -0.170. The third-order valence-electron chi connectivity index (χ3n) is 6.66. The monoisotopic (exact) mass is 312 g/mol. The molecule has 124 valence electrons. The van der Waals surface area contributed by atoms with Crippen molar-refractivity contribution in [3.63, 3.8) is 0 Å². The maximum atomic E-state index is 13.2. The van der Waals surface area contributed by atoms with E-state index in [1.165, 1.54) is 19.3 Å². The van der Waals surface area contributed by atoms with Gasteiger partial charge in [0.05, 0.1) is 11.5 Å². The Morgan fingerprint density at radius 2 is 1.74 bits per heavy atom. The van der Waals surface area contributed by atoms with Crippen molar-refractivity contribution in [2.24, 2.45) is 22.2 Å². The molecule has 0 aromatic carbocycles. The van der Waals surface area contributed by atoms with Crippen LogP contribution >= 0.6 is 0 Å². The highest BCUT2D eigenvalue weighted by Gasteiger charge is 2.62. The van der Waals surface area contributed by atoms with E-state index in [1.807, 2.05) is 12.1 Å². The second kappa shape index (κ2) is 4.81. The number of amides is 1. The number of carbonyl (C=O) groups excluding carboxylic acids is 1. The maximum absolute atomic E-state index is 13.2. The van der Waals surface area contributed by atoms with Crippen LogP contribution in [0, 0.1) is 22.2 Å². The number of rotatable bonds is 3. The number of aromatic nitrogens is 1. The first-order valence-corrected chi connectivity index (χ1v) is 9.03. The third kappa shape index (κ3) is 2.49. The van der Waals surface area contributed by atoms with E-state index < -0.39 is 0 Å². The van der Waals surface area contributed by atoms with Crippen molar-refractivity contribution in [2.45, 2.75) is 65.3 Å². The summed E-state index contributed by atoms with van der Waals surface area (Å²) >= 11 is 0. The Labute approximate surface area is 139 Å². The SMILES string of the molecule is C[C@H](NC(=O)C12CC3C[C@@](C)(C1)C[C@](C)(C3)C2)c1ccncc1. The summed E-state index contributed by atoms with van der Waals surface area (Å²) in [6.07, 6.45) is 10.8. The van der Waals surface area contributed by atoms with Crippen LogP contribution in [0.25, 0.3) is 0 Å². The lowest BCUT2D eigenvalue weighted by atomic mass is 9.40. The van der Waals surface area contributed by atoms with Crippen LogP contribution in [0.15, 0.2) is 24.5 Å². The second-order valence-corrected chi connectivity index (χ2v) is 9.39. The van der Waals surface area contributed by atoms with Gasteiger partial charge in [0.2, 0.25) is 5.91 Å². The molecule has 5 atom stereocenters. The van der Waals surface area contributed by atoms with E-state index >= 15 is 0 Å². The molecule has 4 saturated carbocycles. The quantitative estimate of drug-likeness (QED) is 0.906. The first kappa shape index (κ1) is 15.2. The van der Waals surface area contributed by atoms with Crippen LogP contribution < -0.4 is 5.32 Å². The van der Waals surface area contributed by atoms with Crippen LogP contribution in [0.1, 0.15) is 70.9 Å². The van der Waals surface area contributed by atoms with Gasteiger partial charge in [0, 0.05) is 12.4 Å². The number of pyridine rings is 1. The predicted molar refractivity (Wildman–Crippen MR) is 90.6 cm³/mol. The normalized spacial score (nSPS) is 42.5. The Kier molecular flexibility index (Phi) is 3.17. The summed E-state index contributed by atoms with van der Waals surface area (Å²) in [5, 5.41) is 3.32. The summed E-state index contributed by atoms with van der Waals surface area (Å²) < 4.78 is 0. The minimum Gasteiger partial charge on any atom is -0.349 e. The van der Waals surface area contributed by atoms with Crippen LogP contribution in [0.5, 0.6) is 0 Å². The predicted octanol–water partition coefficient (Wildman–Crippen LogP) is 4.26. The van der Waals surface area contributed by atoms with Gasteiger partial charge in [0.1, 0.15) is 0 Å². The molecule has 4 aliphatic carbocycles. The molecule has 0 aliphatic heterocycles. The van der Waals surface area contributed by atoms with Gasteiger partial charge in [-0.3, -0.25) is 9.78 Å². The fourth-order valence-corrected chi connectivity index (χ4v) is 6.79. The van der Waals surface area contributed by atoms with Crippen LogP contribution in [-0.2, 0) is 4.79 Å². The molecular formula is C20H28N2O. The molecule has 1 N–H and O–H groups in total. The fraction of sp³-hybridized carbons (Fsp3) is 0.700. The van der Waals surface area contributed by atoms with Crippen molar-refractivity contribution >= 4 is 5.91 Å². The zero-order valence-electron chi connectivity index (χ0n) is 14.6. The van der Waals surface area contributed by atoms with Gasteiger partial charge in [0.25, 0.3) is 0 Å². The number of nitrogens with one attached hydrogen (secondary N) is 1. The van der Waals surface area contributed by atoms with Crippen molar-refractivity contribution in [1.29, 1.82) is 0 Å². The van der Waals surface area contributed by atoms with Gasteiger partial charge in [-0.25, -0.2) is 0 Å². The number of hydrogen-bond donors (Lipinski definition) is 1. The Morgan fingerprint density at radius 1 is 1.13 bits per heavy atom. The van der Waals surface area contributed by atoms with Crippen molar-refractivity contribution in [2.75, 3.05) is 0 Å². The molecule has 1 aromatic rings. The minimum absolute atomic E-state index is 0.0547. The highest BCUT2D eigenvalue weighted by molar-refractivity contribution is 5.83. The highest BCUT2D eigenvalue weighted by atomic mass is 16.2. The van der Waals surface area contributed by atoms with Gasteiger partial charge in [-0.15, -0.1) is 0 Å². The van der Waals surface area contributed by atoms with Crippen molar-refractivity contribution in [3.8, 4) is 0 Å². The van der Waals surface area contributed by atoms with Crippen molar-refractivity contribution in [3.05, 3.63) is 30.1 Å². The number of carbonyl (C=O) groups is 1. The van der Waals surface area contributed by atoms with E-state index in [2.05, 4.69) is 31.1 Å². The molecule has 4 aliphatic rings. The summed E-state index contributed by atoms with van der Waals surface area (Å²) in [6, 6.07) is 4.04. The van der Waals surface area contributed by atoms with Crippen LogP contribution in [0.2, 0.25) is 0 Å². The van der Waals surface area contributed by atoms with Crippen molar-refractivity contribution in [1.82, 2.24) is 10.3 Å². The fourth-order valence-electron chi connectivity index (χ4n) is 6.79. The molecule has 4 bridgehead atoms. The molecule has 3 nitrogen and oxygen atoms in total. The van der Waals surface area contributed by atoms with Gasteiger partial charge in [-0.05, 0) is 79.9 Å². The highest BCUT2D eigenvalue weighted by Crippen LogP contribution is 2.69. The number of nitrogens with zero attached hydrogens (tertiary/aromatic N) is 1. The third-order valence-corrected chi connectivity index (χ3v) is 6.66. The lowest BCUT2D eigenvalue weighted by Gasteiger charge is -2.64. The van der Waals surface area contributed by atoms with Gasteiger partial charge < -0.3 is 5.32 Å². The largest absolute Gasteiger partial charge is 0.349 e. The molecule has 3 heteroatoms. The summed E-state index contributed by atoms with van der Waals surface area (Å²) in [7, 11) is 0. The van der Waals surface area contributed by atoms with Gasteiger partial charge >= 0.3 is 0 Å². The van der Waals surface area contributed by atoms with E-state index in [9.17, 15) is 4.79 Å². The molecule has 1 amide bonds. The standard InChI is InChI=1S/C20H28N2O/c1-14(16-4-6-21-7-5-16)22-17(23)20-10-15-8-18(2,12-20)11-19(3,9-15)13-20/h4-7,14-15H,8-13H2,1-3H3,(H,22,23)/t14-,15?,18-,19+,20?/m0/s1. The zero-order valence-corrected chi connectivity index (χ0v) is 14.6. The summed E-state index contributed by atoms with van der Waals surface area (Å²) in [5.74, 6) is 1.05. The second-order valence-electron chi connectivity index (χ2n) is 9.39. The molecule has 1 heterocycles. The molecule has 4 fully saturated rings. The molecule has 0 spiro atoms. The Bertz CT molecular complexity index is 608. The summed E-state index contributed by atoms with van der Waals surface area (Å²) in [4.78, 5) is 17.3. The Morgan fingerprint density at radius 3 is 2.30 bits per heavy atom. The topological polar surface area (TPSA) is 42.0 Å². The lowest BCUT2D eigenvalue weighted by Crippen LogP contribution is -2.60. The van der Waals surface area contributed by atoms with Gasteiger partial charge in [-0.1, -0.05) is 13.8 Å². The summed E-state index contributed by atoms with van der Waals surface area (Å²) in [6.45, 7) is 6.92. The zero-order chi connectivity index (χ0) is 16.3. The first-order valence-electron chi connectivity index (χ1n) is 9.03. The van der Waals surface area contributed by atoms with Crippen LogP contribution in [-0.4, -0.2) is 10.9 Å². The maximum Gasteiger partial charge on any atom is 0.226 e. The Hall–Kier alpha value is -1.38. The van der Waals surface area contributed by atoms with Crippen LogP contribution in [0.3, 0.4) is 0 Å². The van der Waals surface area contributed by atoms with E-state index in [-0.39, 0.29) is 11.5 Å². The Balaban J connectivity index is 1.56. The molecule has 23 heavy (non-hydrogen) atoms. The number of hydrogen-bond acceptors (Lipinski definition) is 2. The van der Waals surface area contributed by atoms with E-state index in [0.29, 0.717) is 16.7 Å². The molecule has 1 aromatic heterocycles. The van der Waals surface area contributed by atoms with Crippen LogP contribution in [0.4, 0.5) is 0 Å². The molecular weight excluding hydrogens is 284 g/mol. The molecule has 0 saturated heterocycles. The average Bonchev–Trinajstić information content (AvgIpc) is 2.44. The average molecular weight is 312 g/mol. The first-order chi connectivity index (χ1) is 10.8.